The lowest BCUT2D eigenvalue weighted by atomic mass is 10.0. The van der Waals surface area contributed by atoms with E-state index in [-0.39, 0.29) is 5.75 Å². The Morgan fingerprint density at radius 2 is 2.35 bits per heavy atom. The Kier molecular flexibility index (Phi) is 2.68. The summed E-state index contributed by atoms with van der Waals surface area (Å²) >= 11 is 0. The van der Waals surface area contributed by atoms with Gasteiger partial charge in [-0.15, -0.1) is 10.2 Å². The van der Waals surface area contributed by atoms with Gasteiger partial charge in [0, 0.05) is 18.7 Å². The third-order valence-electron chi connectivity index (χ3n) is 3.33. The zero-order valence-corrected chi connectivity index (χ0v) is 9.63. The highest BCUT2D eigenvalue weighted by Gasteiger charge is 2.16. The van der Waals surface area contributed by atoms with Gasteiger partial charge in [0.2, 0.25) is 5.65 Å². The summed E-state index contributed by atoms with van der Waals surface area (Å²) in [5.74, 6) is 1.10. The molecule has 3 heterocycles. The van der Waals surface area contributed by atoms with Crippen molar-refractivity contribution in [3.05, 3.63) is 24.2 Å². The molecule has 2 aromatic rings. The van der Waals surface area contributed by atoms with Crippen LogP contribution in [0.2, 0.25) is 0 Å². The highest BCUT2D eigenvalue weighted by atomic mass is 16.3. The van der Waals surface area contributed by atoms with Gasteiger partial charge in [0.25, 0.3) is 0 Å². The van der Waals surface area contributed by atoms with Crippen LogP contribution < -0.4 is 5.32 Å². The third kappa shape index (κ3) is 1.98. The molecule has 5 heteroatoms. The van der Waals surface area contributed by atoms with Crippen molar-refractivity contribution in [1.82, 2.24) is 19.9 Å². The number of rotatable bonds is 2. The van der Waals surface area contributed by atoms with Gasteiger partial charge in [-0.05, 0) is 31.5 Å². The fourth-order valence-corrected chi connectivity index (χ4v) is 2.41. The summed E-state index contributed by atoms with van der Waals surface area (Å²) in [4.78, 5) is 0. The maximum absolute atomic E-state index is 9.65. The summed E-state index contributed by atoms with van der Waals surface area (Å²) < 4.78 is 1.87. The van der Waals surface area contributed by atoms with Gasteiger partial charge in [0.15, 0.2) is 5.75 Å². The number of nitrogens with one attached hydrogen (secondary N) is 1. The van der Waals surface area contributed by atoms with Crippen molar-refractivity contribution in [3.8, 4) is 5.75 Å². The van der Waals surface area contributed by atoms with Crippen LogP contribution in [-0.2, 0) is 6.42 Å². The minimum Gasteiger partial charge on any atom is -0.504 e. The molecule has 0 saturated carbocycles. The molecule has 5 nitrogen and oxygen atoms in total. The molecular weight excluding hydrogens is 216 g/mol. The number of aromatic hydroxyl groups is 1. The van der Waals surface area contributed by atoms with Crippen LogP contribution in [0.15, 0.2) is 18.3 Å². The smallest absolute Gasteiger partial charge is 0.203 e. The SMILES string of the molecule is Oc1cccn2c(CC3CCCCN3)nnc12. The van der Waals surface area contributed by atoms with Crippen molar-refractivity contribution in [2.75, 3.05) is 6.54 Å². The molecule has 1 fully saturated rings. The number of nitrogens with zero attached hydrogens (tertiary/aromatic N) is 3. The Morgan fingerprint density at radius 3 is 3.18 bits per heavy atom. The van der Waals surface area contributed by atoms with Gasteiger partial charge in [0.05, 0.1) is 0 Å². The second kappa shape index (κ2) is 4.33. The number of piperidine rings is 1. The van der Waals surface area contributed by atoms with E-state index >= 15 is 0 Å². The molecule has 2 N–H and O–H groups in total. The summed E-state index contributed by atoms with van der Waals surface area (Å²) in [6, 6.07) is 3.93. The number of fused-ring (bicyclic) bond motifs is 1. The van der Waals surface area contributed by atoms with Crippen LogP contribution in [-0.4, -0.2) is 32.3 Å². The molecule has 3 rings (SSSR count). The van der Waals surface area contributed by atoms with E-state index in [2.05, 4.69) is 15.5 Å². The quantitative estimate of drug-likeness (QED) is 0.814. The zero-order valence-electron chi connectivity index (χ0n) is 9.63. The van der Waals surface area contributed by atoms with Gasteiger partial charge in [-0.2, -0.15) is 0 Å². The number of hydrogen-bond donors (Lipinski definition) is 2. The maximum Gasteiger partial charge on any atom is 0.203 e. The average Bonchev–Trinajstić information content (AvgIpc) is 2.76. The van der Waals surface area contributed by atoms with Crippen molar-refractivity contribution in [3.63, 3.8) is 0 Å². The Bertz CT molecular complexity index is 516. The molecule has 1 atom stereocenters. The summed E-state index contributed by atoms with van der Waals surface area (Å²) in [5.41, 5.74) is 0.540. The second-order valence-corrected chi connectivity index (χ2v) is 4.55. The van der Waals surface area contributed by atoms with Crippen molar-refractivity contribution in [2.24, 2.45) is 0 Å². The van der Waals surface area contributed by atoms with Gasteiger partial charge in [-0.25, -0.2) is 0 Å². The summed E-state index contributed by atoms with van der Waals surface area (Å²) in [6.07, 6.45) is 6.49. The molecule has 1 aliphatic heterocycles. The van der Waals surface area contributed by atoms with Gasteiger partial charge in [-0.3, -0.25) is 4.40 Å². The minimum atomic E-state index is 0.183. The lowest BCUT2D eigenvalue weighted by Crippen LogP contribution is -2.36. The van der Waals surface area contributed by atoms with E-state index in [1.807, 2.05) is 16.7 Å². The Hall–Kier alpha value is -1.62. The largest absolute Gasteiger partial charge is 0.504 e. The van der Waals surface area contributed by atoms with Crippen LogP contribution in [0.3, 0.4) is 0 Å². The zero-order chi connectivity index (χ0) is 11.7. The molecule has 0 bridgehead atoms. The molecule has 1 saturated heterocycles. The summed E-state index contributed by atoms with van der Waals surface area (Å²) in [5, 5.41) is 21.3. The van der Waals surface area contributed by atoms with Crippen molar-refractivity contribution in [1.29, 1.82) is 0 Å². The molecular formula is C12H16N4O. The average molecular weight is 232 g/mol. The Balaban J connectivity index is 1.87. The minimum absolute atomic E-state index is 0.183. The maximum atomic E-state index is 9.65. The third-order valence-corrected chi connectivity index (χ3v) is 3.33. The highest BCUT2D eigenvalue weighted by molar-refractivity contribution is 5.51. The van der Waals surface area contributed by atoms with Crippen LogP contribution in [0.1, 0.15) is 25.1 Å². The summed E-state index contributed by atoms with van der Waals surface area (Å²) in [6.45, 7) is 1.09. The normalized spacial score (nSPS) is 20.8. The molecule has 0 radical (unpaired) electrons. The Labute approximate surface area is 99.5 Å². The first kappa shape index (κ1) is 10.5. The molecule has 1 unspecified atom stereocenters. The van der Waals surface area contributed by atoms with E-state index < -0.39 is 0 Å². The topological polar surface area (TPSA) is 62.5 Å². The van der Waals surface area contributed by atoms with E-state index in [4.69, 9.17) is 0 Å². The van der Waals surface area contributed by atoms with Crippen LogP contribution in [0.5, 0.6) is 5.75 Å². The van der Waals surface area contributed by atoms with Crippen LogP contribution >= 0.6 is 0 Å². The number of hydrogen-bond acceptors (Lipinski definition) is 4. The molecule has 0 aromatic carbocycles. The van der Waals surface area contributed by atoms with E-state index in [1.165, 1.54) is 19.3 Å². The number of aromatic nitrogens is 3. The lowest BCUT2D eigenvalue weighted by molar-refractivity contribution is 0.393. The predicted octanol–water partition coefficient (Wildman–Crippen LogP) is 1.12. The first-order valence-corrected chi connectivity index (χ1v) is 6.09. The van der Waals surface area contributed by atoms with Crippen molar-refractivity contribution >= 4 is 5.65 Å². The van der Waals surface area contributed by atoms with Crippen LogP contribution in [0.25, 0.3) is 5.65 Å². The molecule has 0 amide bonds. The van der Waals surface area contributed by atoms with Crippen LogP contribution in [0, 0.1) is 0 Å². The molecule has 17 heavy (non-hydrogen) atoms. The Morgan fingerprint density at radius 1 is 1.41 bits per heavy atom. The highest BCUT2D eigenvalue weighted by Crippen LogP contribution is 2.18. The predicted molar refractivity (Wildman–Crippen MR) is 64.0 cm³/mol. The van der Waals surface area contributed by atoms with Crippen LogP contribution in [0.4, 0.5) is 0 Å². The van der Waals surface area contributed by atoms with E-state index in [9.17, 15) is 5.11 Å². The molecule has 90 valence electrons. The fraction of sp³-hybridized carbons (Fsp3) is 0.500. The van der Waals surface area contributed by atoms with E-state index in [0.29, 0.717) is 11.7 Å². The first-order valence-electron chi connectivity index (χ1n) is 6.09. The summed E-state index contributed by atoms with van der Waals surface area (Å²) in [7, 11) is 0. The lowest BCUT2D eigenvalue weighted by Gasteiger charge is -2.22. The van der Waals surface area contributed by atoms with Crippen molar-refractivity contribution < 1.29 is 5.11 Å². The fourth-order valence-electron chi connectivity index (χ4n) is 2.41. The second-order valence-electron chi connectivity index (χ2n) is 4.55. The van der Waals surface area contributed by atoms with Crippen molar-refractivity contribution in [2.45, 2.75) is 31.7 Å². The van der Waals surface area contributed by atoms with E-state index in [0.717, 1.165) is 18.8 Å². The molecule has 2 aromatic heterocycles. The van der Waals surface area contributed by atoms with Gasteiger partial charge in [0.1, 0.15) is 5.82 Å². The monoisotopic (exact) mass is 232 g/mol. The molecule has 0 aliphatic carbocycles. The van der Waals surface area contributed by atoms with Gasteiger partial charge >= 0.3 is 0 Å². The molecule has 0 spiro atoms. The standard InChI is InChI=1S/C12H16N4O/c17-10-5-3-7-16-11(14-15-12(10)16)8-9-4-1-2-6-13-9/h3,5,7,9,13,17H,1-2,4,6,8H2. The van der Waals surface area contributed by atoms with E-state index in [1.54, 1.807) is 6.07 Å². The van der Waals surface area contributed by atoms with Gasteiger partial charge < -0.3 is 10.4 Å². The number of pyridine rings is 1. The first-order chi connectivity index (χ1) is 8.34. The van der Waals surface area contributed by atoms with Gasteiger partial charge in [-0.1, -0.05) is 6.42 Å². The molecule has 1 aliphatic rings.